The number of benzene rings is 2. The first-order valence-electron chi connectivity index (χ1n) is 10.6. The number of piperidine rings is 1. The monoisotopic (exact) mass is 375 g/mol. The van der Waals surface area contributed by atoms with Gasteiger partial charge in [0, 0.05) is 37.9 Å². The summed E-state index contributed by atoms with van der Waals surface area (Å²) < 4.78 is 6.70. The summed E-state index contributed by atoms with van der Waals surface area (Å²) in [5.41, 5.74) is 4.66. The predicted octanol–water partition coefficient (Wildman–Crippen LogP) is 4.74. The molecule has 0 amide bonds. The lowest BCUT2D eigenvalue weighted by atomic mass is 9.90. The van der Waals surface area contributed by atoms with Crippen LogP contribution in [0.5, 0.6) is 5.75 Å². The molecular formula is C24H29N3O. The quantitative estimate of drug-likeness (QED) is 0.776. The minimum absolute atomic E-state index is 0.277. The van der Waals surface area contributed by atoms with Crippen molar-refractivity contribution in [3.63, 3.8) is 0 Å². The van der Waals surface area contributed by atoms with Gasteiger partial charge in [0.25, 0.3) is 0 Å². The summed E-state index contributed by atoms with van der Waals surface area (Å²) in [6.07, 6.45) is 4.16. The van der Waals surface area contributed by atoms with Gasteiger partial charge in [-0.05, 0) is 31.5 Å². The Balaban J connectivity index is 1.51. The van der Waals surface area contributed by atoms with Crippen LogP contribution in [0.15, 0.2) is 53.6 Å². The Morgan fingerprint density at radius 2 is 1.82 bits per heavy atom. The fourth-order valence-electron chi connectivity index (χ4n) is 4.92. The molecule has 1 spiro atoms. The van der Waals surface area contributed by atoms with Crippen LogP contribution in [0.3, 0.4) is 0 Å². The number of hydrogen-bond donors (Lipinski definition) is 0. The van der Waals surface area contributed by atoms with Gasteiger partial charge in [-0.3, -0.25) is 0 Å². The molecule has 0 aromatic heterocycles. The van der Waals surface area contributed by atoms with Crippen molar-refractivity contribution in [1.29, 1.82) is 0 Å². The lowest BCUT2D eigenvalue weighted by Gasteiger charge is -2.51. The Morgan fingerprint density at radius 1 is 1.07 bits per heavy atom. The van der Waals surface area contributed by atoms with Crippen molar-refractivity contribution in [1.82, 2.24) is 9.91 Å². The van der Waals surface area contributed by atoms with E-state index < -0.39 is 0 Å². The average molecular weight is 376 g/mol. The maximum atomic E-state index is 6.70. The van der Waals surface area contributed by atoms with E-state index in [1.807, 2.05) is 0 Å². The SMILES string of the molecule is CCCN1CCC2(CC1)Oc1ccccc1[C@H]1CC(c3ccc(C)cc3)=NN12. The molecule has 2 aromatic rings. The average Bonchev–Trinajstić information content (AvgIpc) is 3.17. The smallest absolute Gasteiger partial charge is 0.200 e. The normalized spacial score (nSPS) is 23.1. The first kappa shape index (κ1) is 17.7. The van der Waals surface area contributed by atoms with E-state index in [2.05, 4.69) is 72.3 Å². The standard InChI is InChI=1S/C24H29N3O/c1-3-14-26-15-12-24(13-16-26)27-22(20-6-4-5-7-23(20)28-24)17-21(25-27)19-10-8-18(2)9-11-19/h4-11,22H,3,12-17H2,1-2H3/t22-/m1/s1. The minimum Gasteiger partial charge on any atom is -0.466 e. The van der Waals surface area contributed by atoms with E-state index >= 15 is 0 Å². The molecule has 5 rings (SSSR count). The van der Waals surface area contributed by atoms with Crippen LogP contribution in [-0.2, 0) is 0 Å². The fourth-order valence-corrected chi connectivity index (χ4v) is 4.92. The van der Waals surface area contributed by atoms with Crippen LogP contribution in [0.4, 0.5) is 0 Å². The van der Waals surface area contributed by atoms with Gasteiger partial charge in [0.2, 0.25) is 5.72 Å². The molecule has 0 aliphatic carbocycles. The van der Waals surface area contributed by atoms with E-state index in [-0.39, 0.29) is 11.8 Å². The largest absolute Gasteiger partial charge is 0.466 e. The van der Waals surface area contributed by atoms with Gasteiger partial charge in [-0.2, -0.15) is 5.10 Å². The number of fused-ring (bicyclic) bond motifs is 4. The number of hydrazone groups is 1. The molecule has 0 bridgehead atoms. The third kappa shape index (κ3) is 2.91. The molecule has 3 aliphatic rings. The maximum Gasteiger partial charge on any atom is 0.200 e. The molecule has 1 saturated heterocycles. The molecular weight excluding hydrogens is 346 g/mol. The van der Waals surface area contributed by atoms with Gasteiger partial charge in [-0.25, -0.2) is 5.01 Å². The van der Waals surface area contributed by atoms with E-state index in [4.69, 9.17) is 9.84 Å². The van der Waals surface area contributed by atoms with E-state index in [0.29, 0.717) is 0 Å². The zero-order valence-corrected chi connectivity index (χ0v) is 16.9. The summed E-state index contributed by atoms with van der Waals surface area (Å²) in [7, 11) is 0. The van der Waals surface area contributed by atoms with Crippen molar-refractivity contribution in [2.24, 2.45) is 5.10 Å². The van der Waals surface area contributed by atoms with Crippen LogP contribution >= 0.6 is 0 Å². The molecule has 4 nitrogen and oxygen atoms in total. The number of likely N-dealkylation sites (tertiary alicyclic amines) is 1. The topological polar surface area (TPSA) is 28.1 Å². The van der Waals surface area contributed by atoms with Crippen LogP contribution in [0.2, 0.25) is 0 Å². The van der Waals surface area contributed by atoms with E-state index in [1.165, 1.54) is 35.4 Å². The summed E-state index contributed by atoms with van der Waals surface area (Å²) in [5.74, 6) is 1.05. The lowest BCUT2D eigenvalue weighted by Crippen LogP contribution is -2.59. The summed E-state index contributed by atoms with van der Waals surface area (Å²) in [5, 5.41) is 7.48. The second-order valence-corrected chi connectivity index (χ2v) is 8.40. The maximum absolute atomic E-state index is 6.70. The highest BCUT2D eigenvalue weighted by molar-refractivity contribution is 6.02. The zero-order valence-electron chi connectivity index (χ0n) is 16.9. The number of rotatable bonds is 3. The van der Waals surface area contributed by atoms with Crippen molar-refractivity contribution < 1.29 is 4.74 Å². The highest BCUT2D eigenvalue weighted by Crippen LogP contribution is 2.49. The highest BCUT2D eigenvalue weighted by Gasteiger charge is 2.51. The first-order valence-corrected chi connectivity index (χ1v) is 10.6. The Labute approximate surface area is 167 Å². The van der Waals surface area contributed by atoms with Crippen molar-refractivity contribution in [2.45, 2.75) is 51.3 Å². The minimum atomic E-state index is -0.310. The second kappa shape index (κ2) is 6.93. The Kier molecular flexibility index (Phi) is 4.39. The highest BCUT2D eigenvalue weighted by atomic mass is 16.5. The summed E-state index contributed by atoms with van der Waals surface area (Å²) in [6.45, 7) is 7.72. The number of aryl methyl sites for hydroxylation is 1. The predicted molar refractivity (Wildman–Crippen MR) is 113 cm³/mol. The van der Waals surface area contributed by atoms with Crippen molar-refractivity contribution in [3.8, 4) is 5.75 Å². The second-order valence-electron chi connectivity index (χ2n) is 8.40. The molecule has 28 heavy (non-hydrogen) atoms. The van der Waals surface area contributed by atoms with Gasteiger partial charge in [-0.15, -0.1) is 0 Å². The fraction of sp³-hybridized carbons (Fsp3) is 0.458. The summed E-state index contributed by atoms with van der Waals surface area (Å²) >= 11 is 0. The first-order chi connectivity index (χ1) is 13.7. The summed E-state index contributed by atoms with van der Waals surface area (Å²) in [6, 6.07) is 17.6. The number of nitrogens with zero attached hydrogens (tertiary/aromatic N) is 3. The van der Waals surface area contributed by atoms with Crippen LogP contribution in [0.1, 0.15) is 55.3 Å². The van der Waals surface area contributed by atoms with Crippen LogP contribution < -0.4 is 4.74 Å². The van der Waals surface area contributed by atoms with E-state index in [0.717, 1.165) is 38.1 Å². The van der Waals surface area contributed by atoms with E-state index in [9.17, 15) is 0 Å². The van der Waals surface area contributed by atoms with Gasteiger partial charge < -0.3 is 9.64 Å². The third-order valence-corrected chi connectivity index (χ3v) is 6.47. The number of para-hydroxylation sites is 1. The molecule has 146 valence electrons. The Hall–Kier alpha value is -2.33. The van der Waals surface area contributed by atoms with E-state index in [1.54, 1.807) is 0 Å². The Morgan fingerprint density at radius 3 is 2.57 bits per heavy atom. The van der Waals surface area contributed by atoms with Gasteiger partial charge in [0.1, 0.15) is 5.75 Å². The molecule has 0 radical (unpaired) electrons. The molecule has 1 fully saturated rings. The molecule has 0 saturated carbocycles. The molecule has 4 heteroatoms. The van der Waals surface area contributed by atoms with Gasteiger partial charge in [-0.1, -0.05) is 55.0 Å². The van der Waals surface area contributed by atoms with Crippen molar-refractivity contribution in [3.05, 3.63) is 65.2 Å². The van der Waals surface area contributed by atoms with Crippen LogP contribution in [-0.4, -0.2) is 41.0 Å². The van der Waals surface area contributed by atoms with Gasteiger partial charge >= 0.3 is 0 Å². The molecule has 1 atom stereocenters. The van der Waals surface area contributed by atoms with Gasteiger partial charge in [0.15, 0.2) is 0 Å². The van der Waals surface area contributed by atoms with Crippen molar-refractivity contribution >= 4 is 5.71 Å². The van der Waals surface area contributed by atoms with Crippen LogP contribution in [0, 0.1) is 6.92 Å². The van der Waals surface area contributed by atoms with Crippen LogP contribution in [0.25, 0.3) is 0 Å². The zero-order chi connectivity index (χ0) is 19.1. The van der Waals surface area contributed by atoms with Gasteiger partial charge in [0.05, 0.1) is 11.8 Å². The molecule has 3 heterocycles. The molecule has 2 aromatic carbocycles. The number of ether oxygens (including phenoxy) is 1. The van der Waals surface area contributed by atoms with Crippen molar-refractivity contribution in [2.75, 3.05) is 19.6 Å². The third-order valence-electron chi connectivity index (χ3n) is 6.47. The lowest BCUT2D eigenvalue weighted by molar-refractivity contribution is -0.149. The Bertz CT molecular complexity index is 881. The molecule has 0 unspecified atom stereocenters. The summed E-state index contributed by atoms with van der Waals surface area (Å²) in [4.78, 5) is 2.56. The molecule has 0 N–H and O–H groups in total. The number of hydrogen-bond acceptors (Lipinski definition) is 4. The molecule has 3 aliphatic heterocycles.